The Balaban J connectivity index is 3.51. The highest BCUT2D eigenvalue weighted by Crippen LogP contribution is 2.33. The molecule has 6 nitrogen and oxygen atoms in total. The van der Waals surface area contributed by atoms with Crippen molar-refractivity contribution in [2.75, 3.05) is 40.0 Å². The second-order valence-corrected chi connectivity index (χ2v) is 10.4. The summed E-state index contributed by atoms with van der Waals surface area (Å²) in [6, 6.07) is 0. The fraction of sp³-hybridized carbons (Fsp3) is 0.962. The quantitative estimate of drug-likeness (QED) is 0.110. The van der Waals surface area contributed by atoms with Gasteiger partial charge in [-0.15, -0.1) is 0 Å². The highest BCUT2D eigenvalue weighted by atomic mass is 31.2. The lowest BCUT2D eigenvalue weighted by Gasteiger charge is -2.17. The van der Waals surface area contributed by atoms with Crippen LogP contribution in [0.4, 0.5) is 0 Å². The molecule has 0 radical (unpaired) electrons. The van der Waals surface area contributed by atoms with Crippen LogP contribution in [0.2, 0.25) is 0 Å². The van der Waals surface area contributed by atoms with Crippen molar-refractivity contribution >= 4 is 14.4 Å². The van der Waals surface area contributed by atoms with Crippen molar-refractivity contribution < 1.29 is 28.8 Å². The van der Waals surface area contributed by atoms with E-state index in [4.69, 9.17) is 13.8 Å². The van der Waals surface area contributed by atoms with Gasteiger partial charge in [-0.05, 0) is 13.3 Å². The molecule has 0 aromatic heterocycles. The van der Waals surface area contributed by atoms with Crippen LogP contribution in [-0.2, 0) is 18.6 Å². The van der Waals surface area contributed by atoms with E-state index in [0.29, 0.717) is 19.6 Å². The van der Waals surface area contributed by atoms with Crippen molar-refractivity contribution in [1.29, 1.82) is 0 Å². The minimum Gasteiger partial charge on any atom is -0.381 e. The molecule has 0 heterocycles. The van der Waals surface area contributed by atoms with Crippen LogP contribution in [-0.4, -0.2) is 50.7 Å². The molecule has 3 N–H and O–H groups in total. The molecule has 0 saturated heterocycles. The van der Waals surface area contributed by atoms with Crippen LogP contribution >= 0.6 is 8.60 Å². The van der Waals surface area contributed by atoms with Crippen LogP contribution in [0.5, 0.6) is 0 Å². The maximum Gasteiger partial charge on any atom is 0.330 e. The minimum atomic E-state index is -1.88. The van der Waals surface area contributed by atoms with E-state index in [2.05, 4.69) is 6.92 Å². The summed E-state index contributed by atoms with van der Waals surface area (Å²) in [5, 5.41) is 1.98. The average Bonchev–Trinajstić information content (AvgIpc) is 2.79. The largest absolute Gasteiger partial charge is 0.381 e. The summed E-state index contributed by atoms with van der Waals surface area (Å²) in [7, 11) is 0.0707. The third-order valence-corrected chi connectivity index (χ3v) is 6.62. The molecule has 0 bridgehead atoms. The Labute approximate surface area is 205 Å². The van der Waals surface area contributed by atoms with E-state index in [-0.39, 0.29) is 18.3 Å². The molecule has 7 heteroatoms. The fourth-order valence-electron chi connectivity index (χ4n) is 3.85. The smallest absolute Gasteiger partial charge is 0.330 e. The van der Waals surface area contributed by atoms with Crippen molar-refractivity contribution in [3.05, 3.63) is 0 Å². The number of carbonyl (C=O) groups is 1. The molecule has 0 aromatic rings. The predicted molar refractivity (Wildman–Crippen MR) is 138 cm³/mol. The monoisotopic (exact) mass is 492 g/mol. The van der Waals surface area contributed by atoms with E-state index in [9.17, 15) is 9.69 Å². The van der Waals surface area contributed by atoms with Gasteiger partial charge in [-0.1, -0.05) is 96.8 Å². The van der Waals surface area contributed by atoms with Gasteiger partial charge in [0.1, 0.15) is 12.4 Å². The Hall–Kier alpha value is -0.100. The molecular weight excluding hydrogens is 437 g/mol. The van der Waals surface area contributed by atoms with Crippen LogP contribution in [0.15, 0.2) is 0 Å². The van der Waals surface area contributed by atoms with Gasteiger partial charge in [0.2, 0.25) is 0 Å². The van der Waals surface area contributed by atoms with E-state index in [0.717, 1.165) is 19.6 Å². The van der Waals surface area contributed by atoms with Gasteiger partial charge in [0.15, 0.2) is 0 Å². The van der Waals surface area contributed by atoms with E-state index in [1.807, 2.05) is 12.4 Å². The maximum atomic E-state index is 11.5. The lowest BCUT2D eigenvalue weighted by Crippen LogP contribution is -2.80. The maximum absolute atomic E-state index is 11.5. The number of likely N-dealkylation sites (N-methyl/N-ethyl adjacent to an activating group) is 1. The average molecular weight is 493 g/mol. The van der Waals surface area contributed by atoms with Gasteiger partial charge in [0.05, 0.1) is 26.8 Å². The number of ether oxygens (including phenoxy) is 1. The minimum absolute atomic E-state index is 0.0303. The van der Waals surface area contributed by atoms with E-state index >= 15 is 0 Å². The zero-order valence-electron chi connectivity index (χ0n) is 22.0. The zero-order chi connectivity index (χ0) is 24.4. The number of Topliss-reactive ketones (excluding diaryl/α,β-unsaturated/α-hetero) is 1. The number of nitrogens with two attached hydrogens (primary N) is 1. The molecule has 0 rings (SSSR count). The van der Waals surface area contributed by atoms with Crippen LogP contribution in [0.3, 0.4) is 0 Å². The molecule has 0 aliphatic rings. The van der Waals surface area contributed by atoms with Gasteiger partial charge in [-0.2, -0.15) is 0 Å². The van der Waals surface area contributed by atoms with Crippen molar-refractivity contribution in [1.82, 2.24) is 0 Å². The molecule has 0 aliphatic heterocycles. The molecule has 2 unspecified atom stereocenters. The van der Waals surface area contributed by atoms with Gasteiger partial charge < -0.3 is 28.8 Å². The first-order valence-electron chi connectivity index (χ1n) is 13.7. The van der Waals surface area contributed by atoms with Gasteiger partial charge in [0, 0.05) is 18.9 Å². The molecule has 0 fully saturated rings. The molecular formula is C26H55NO5P+. The third-order valence-electron chi connectivity index (χ3n) is 5.85. The van der Waals surface area contributed by atoms with Crippen molar-refractivity contribution in [2.45, 2.75) is 117 Å². The van der Waals surface area contributed by atoms with Crippen LogP contribution < -0.4 is 5.32 Å². The normalized spacial score (nSPS) is 13.3. The van der Waals surface area contributed by atoms with Gasteiger partial charge in [-0.25, -0.2) is 0 Å². The highest BCUT2D eigenvalue weighted by molar-refractivity contribution is 7.40. The molecule has 2 atom stereocenters. The second kappa shape index (κ2) is 26.5. The first-order chi connectivity index (χ1) is 16.1. The molecule has 0 aliphatic carbocycles. The van der Waals surface area contributed by atoms with Gasteiger partial charge >= 0.3 is 8.60 Å². The summed E-state index contributed by atoms with van der Waals surface area (Å²) in [5.74, 6) is 0.0836. The summed E-state index contributed by atoms with van der Waals surface area (Å²) in [6.07, 6.45) is 20.7. The SMILES string of the molecule is CCCCCCCCCCCCCCCCCOCC(COP(O)OCC[NH2+]C)CC(C)=O. The van der Waals surface area contributed by atoms with Crippen molar-refractivity contribution in [2.24, 2.45) is 5.92 Å². The first-order valence-corrected chi connectivity index (χ1v) is 14.8. The molecule has 0 amide bonds. The predicted octanol–water partition coefficient (Wildman–Crippen LogP) is 5.92. The summed E-state index contributed by atoms with van der Waals surface area (Å²) in [5.41, 5.74) is 0. The standard InChI is InChI=1S/C26H54NO5P/c1-4-5-6-7-8-9-10-11-12-13-14-15-16-17-18-20-30-23-26(22-25(2)28)24-32-33(29)31-21-19-27-3/h26-27,29H,4-24H2,1-3H3/p+1. The van der Waals surface area contributed by atoms with Gasteiger partial charge in [0.25, 0.3) is 0 Å². The molecule has 198 valence electrons. The summed E-state index contributed by atoms with van der Waals surface area (Å²) >= 11 is 0. The van der Waals surface area contributed by atoms with Crippen LogP contribution in [0, 0.1) is 5.92 Å². The van der Waals surface area contributed by atoms with Crippen molar-refractivity contribution in [3.8, 4) is 0 Å². The highest BCUT2D eigenvalue weighted by Gasteiger charge is 2.16. The molecule has 0 aromatic carbocycles. The topological polar surface area (TPSA) is 81.6 Å². The zero-order valence-corrected chi connectivity index (χ0v) is 22.9. The molecule has 0 saturated carbocycles. The van der Waals surface area contributed by atoms with Crippen molar-refractivity contribution in [3.63, 3.8) is 0 Å². The van der Waals surface area contributed by atoms with Gasteiger partial charge in [-0.3, -0.25) is 0 Å². The molecule has 0 spiro atoms. The van der Waals surface area contributed by atoms with Crippen LogP contribution in [0.25, 0.3) is 0 Å². The Kier molecular flexibility index (Phi) is 26.4. The number of carbonyl (C=O) groups excluding carboxylic acids is 1. The summed E-state index contributed by atoms with van der Waals surface area (Å²) in [4.78, 5) is 21.2. The summed E-state index contributed by atoms with van der Waals surface area (Å²) in [6.45, 7) is 6.59. The van der Waals surface area contributed by atoms with E-state index < -0.39 is 8.60 Å². The van der Waals surface area contributed by atoms with E-state index in [1.54, 1.807) is 6.92 Å². The summed E-state index contributed by atoms with van der Waals surface area (Å²) < 4.78 is 16.4. The lowest BCUT2D eigenvalue weighted by atomic mass is 10.0. The second-order valence-electron chi connectivity index (χ2n) is 9.36. The number of hydrogen-bond acceptors (Lipinski definition) is 5. The third kappa shape index (κ3) is 26.3. The number of hydrogen-bond donors (Lipinski definition) is 2. The lowest BCUT2D eigenvalue weighted by molar-refractivity contribution is -0.627. The Morgan fingerprint density at radius 3 is 1.79 bits per heavy atom. The Morgan fingerprint density at radius 1 is 0.788 bits per heavy atom. The Bertz CT molecular complexity index is 414. The number of rotatable bonds is 27. The number of unbranched alkanes of at least 4 members (excludes halogenated alkanes) is 14. The number of quaternary nitrogens is 1. The molecule has 33 heavy (non-hydrogen) atoms. The van der Waals surface area contributed by atoms with E-state index in [1.165, 1.54) is 89.9 Å². The van der Waals surface area contributed by atoms with Crippen LogP contribution in [0.1, 0.15) is 117 Å². The first kappa shape index (κ1) is 32.9. The fourth-order valence-corrected chi connectivity index (χ4v) is 4.53. The Morgan fingerprint density at radius 2 is 1.30 bits per heavy atom. The number of ketones is 1.